The van der Waals surface area contributed by atoms with Crippen LogP contribution in [0.1, 0.15) is 69.5 Å². The molecule has 1 aromatic heterocycles. The lowest BCUT2D eigenvalue weighted by atomic mass is 9.79. The van der Waals surface area contributed by atoms with Crippen molar-refractivity contribution in [2.24, 2.45) is 0 Å². The van der Waals surface area contributed by atoms with Gasteiger partial charge in [-0.3, -0.25) is 9.47 Å². The highest BCUT2D eigenvalue weighted by molar-refractivity contribution is 5.85. The summed E-state index contributed by atoms with van der Waals surface area (Å²) in [7, 11) is 0. The maximum Gasteiger partial charge on any atom is 0.326 e. The molecule has 0 amide bonds. The fourth-order valence-electron chi connectivity index (χ4n) is 5.34. The molecule has 0 spiro atoms. The summed E-state index contributed by atoms with van der Waals surface area (Å²) in [6.45, 7) is 11.7. The molecule has 1 aromatic carbocycles. The molecule has 1 saturated carbocycles. The van der Waals surface area contributed by atoms with E-state index < -0.39 is 0 Å². The molecule has 0 unspecified atom stereocenters. The number of nitrogens with one attached hydrogen (secondary N) is 1. The average Bonchev–Trinajstić information content (AvgIpc) is 2.99. The minimum Gasteiger partial charge on any atom is -0.379 e. The number of fused-ring (bicyclic) bond motifs is 1. The lowest BCUT2D eigenvalue weighted by Gasteiger charge is -2.48. The van der Waals surface area contributed by atoms with E-state index in [0.717, 1.165) is 43.6 Å². The number of H-pyrrole nitrogens is 1. The van der Waals surface area contributed by atoms with E-state index in [0.29, 0.717) is 12.1 Å². The van der Waals surface area contributed by atoms with Gasteiger partial charge in [0, 0.05) is 31.3 Å². The number of hydrogen-bond donors (Lipinski definition) is 1. The van der Waals surface area contributed by atoms with Crippen molar-refractivity contribution in [2.75, 3.05) is 19.7 Å². The van der Waals surface area contributed by atoms with Crippen LogP contribution in [-0.4, -0.2) is 45.8 Å². The fourth-order valence-corrected chi connectivity index (χ4v) is 5.34. The van der Waals surface area contributed by atoms with Crippen LogP contribution in [-0.2, 0) is 4.74 Å². The van der Waals surface area contributed by atoms with Crippen LogP contribution < -0.4 is 5.69 Å². The molecule has 2 aromatic rings. The topological polar surface area (TPSA) is 50.3 Å². The minimum absolute atomic E-state index is 0. The number of rotatable bonds is 4. The van der Waals surface area contributed by atoms with E-state index in [1.807, 2.05) is 4.57 Å². The number of ether oxygens (including phenoxy) is 1. The van der Waals surface area contributed by atoms with Gasteiger partial charge in [0.15, 0.2) is 0 Å². The Kier molecular flexibility index (Phi) is 6.81. The third-order valence-corrected chi connectivity index (χ3v) is 7.34. The molecule has 0 bridgehead atoms. The minimum atomic E-state index is 0. The second kappa shape index (κ2) is 8.83. The van der Waals surface area contributed by atoms with Gasteiger partial charge in [-0.1, -0.05) is 0 Å². The van der Waals surface area contributed by atoms with Crippen molar-refractivity contribution in [1.29, 1.82) is 0 Å². The highest BCUT2D eigenvalue weighted by Crippen LogP contribution is 2.38. The Balaban J connectivity index is 0.00000240. The van der Waals surface area contributed by atoms with E-state index in [4.69, 9.17) is 4.74 Å². The van der Waals surface area contributed by atoms with Crippen LogP contribution in [0.25, 0.3) is 11.0 Å². The van der Waals surface area contributed by atoms with Crippen LogP contribution in [0.3, 0.4) is 0 Å². The van der Waals surface area contributed by atoms with Gasteiger partial charge in [-0.05, 0) is 89.5 Å². The van der Waals surface area contributed by atoms with Gasteiger partial charge in [0.1, 0.15) is 0 Å². The maximum absolute atomic E-state index is 12.7. The van der Waals surface area contributed by atoms with Gasteiger partial charge in [0.25, 0.3) is 0 Å². The lowest BCUT2D eigenvalue weighted by molar-refractivity contribution is -0.0273. The van der Waals surface area contributed by atoms with Crippen molar-refractivity contribution >= 4 is 23.4 Å². The molecular weight excluding hydrogens is 386 g/mol. The summed E-state index contributed by atoms with van der Waals surface area (Å²) in [4.78, 5) is 18.4. The zero-order valence-corrected chi connectivity index (χ0v) is 19.1. The average molecular weight is 422 g/mol. The zero-order valence-electron chi connectivity index (χ0n) is 18.3. The van der Waals surface area contributed by atoms with Crippen LogP contribution in [0, 0.1) is 13.8 Å². The third-order valence-electron chi connectivity index (χ3n) is 7.34. The second-order valence-corrected chi connectivity index (χ2v) is 9.12. The van der Waals surface area contributed by atoms with Crippen LogP contribution in [0.2, 0.25) is 0 Å². The lowest BCUT2D eigenvalue weighted by Crippen LogP contribution is -2.53. The normalized spacial score (nSPS) is 26.6. The molecule has 1 aliphatic carbocycles. The Morgan fingerprint density at radius 2 is 1.72 bits per heavy atom. The number of benzene rings is 1. The molecule has 2 fully saturated rings. The Morgan fingerprint density at radius 1 is 1.10 bits per heavy atom. The van der Waals surface area contributed by atoms with Crippen LogP contribution in [0.15, 0.2) is 16.9 Å². The smallest absolute Gasteiger partial charge is 0.326 e. The molecule has 29 heavy (non-hydrogen) atoms. The third kappa shape index (κ3) is 4.28. The number of aromatic amines is 1. The van der Waals surface area contributed by atoms with Crippen molar-refractivity contribution < 1.29 is 4.74 Å². The predicted molar refractivity (Wildman–Crippen MR) is 121 cm³/mol. The highest BCUT2D eigenvalue weighted by atomic mass is 35.5. The van der Waals surface area contributed by atoms with Gasteiger partial charge in [-0.15, -0.1) is 12.4 Å². The van der Waals surface area contributed by atoms with Crippen molar-refractivity contribution in [3.63, 3.8) is 0 Å². The van der Waals surface area contributed by atoms with E-state index in [1.54, 1.807) is 0 Å². The summed E-state index contributed by atoms with van der Waals surface area (Å²) in [6, 6.07) is 4.57. The number of aryl methyl sites for hydroxylation is 2. The predicted octanol–water partition coefficient (Wildman–Crippen LogP) is 4.74. The van der Waals surface area contributed by atoms with Crippen LogP contribution in [0.5, 0.6) is 0 Å². The number of halogens is 1. The first-order chi connectivity index (χ1) is 13.4. The van der Waals surface area contributed by atoms with Gasteiger partial charge in [0.2, 0.25) is 0 Å². The molecule has 4 rings (SSSR count). The summed E-state index contributed by atoms with van der Waals surface area (Å²) in [6.07, 6.45) is 7.32. The first-order valence-corrected chi connectivity index (χ1v) is 11.0. The van der Waals surface area contributed by atoms with Crippen molar-refractivity contribution in [2.45, 2.75) is 83.9 Å². The Labute approximate surface area is 180 Å². The second-order valence-electron chi connectivity index (χ2n) is 9.12. The quantitative estimate of drug-likeness (QED) is 0.775. The van der Waals surface area contributed by atoms with E-state index in [2.05, 4.69) is 49.7 Å². The molecule has 0 radical (unpaired) electrons. The number of imidazole rings is 1. The maximum atomic E-state index is 12.7. The molecule has 2 heterocycles. The molecule has 1 N–H and O–H groups in total. The number of piperidine rings is 1. The van der Waals surface area contributed by atoms with Crippen molar-refractivity contribution in [3.8, 4) is 0 Å². The molecule has 1 aliphatic heterocycles. The van der Waals surface area contributed by atoms with Gasteiger partial charge < -0.3 is 9.72 Å². The van der Waals surface area contributed by atoms with Gasteiger partial charge in [-0.25, -0.2) is 4.79 Å². The monoisotopic (exact) mass is 421 g/mol. The molecule has 6 heteroatoms. The van der Waals surface area contributed by atoms with Crippen LogP contribution >= 0.6 is 12.4 Å². The van der Waals surface area contributed by atoms with Gasteiger partial charge in [-0.2, -0.15) is 0 Å². The number of nitrogens with zero attached hydrogens (tertiary/aromatic N) is 2. The van der Waals surface area contributed by atoms with Gasteiger partial charge in [0.05, 0.1) is 17.1 Å². The highest BCUT2D eigenvalue weighted by Gasteiger charge is 2.38. The Hall–Kier alpha value is -1.30. The number of hydrogen-bond acceptors (Lipinski definition) is 3. The molecule has 1 saturated heterocycles. The SMILES string of the molecule is CCO[C@H]1CC[C@](C)(N2CCC(n3c(=O)[nH]c4cc(C)c(C)cc43)CC2)CC1.Cl. The van der Waals surface area contributed by atoms with E-state index >= 15 is 0 Å². The van der Waals surface area contributed by atoms with E-state index in [1.165, 1.54) is 36.8 Å². The Bertz CT molecular complexity index is 887. The molecule has 5 nitrogen and oxygen atoms in total. The summed E-state index contributed by atoms with van der Waals surface area (Å²) in [5, 5.41) is 0. The zero-order chi connectivity index (χ0) is 19.9. The van der Waals surface area contributed by atoms with Crippen molar-refractivity contribution in [3.05, 3.63) is 33.7 Å². The number of aromatic nitrogens is 2. The first kappa shape index (κ1) is 22.4. The van der Waals surface area contributed by atoms with E-state index in [9.17, 15) is 4.79 Å². The molecular formula is C23H36ClN3O2. The standard InChI is InChI=1S/C23H35N3O2.ClH/c1-5-28-19-6-10-23(4,11-7-19)25-12-8-18(9-13-25)26-21-15-17(3)16(2)14-20(21)24-22(26)27;/h14-15,18-19H,5-13H2,1-4H3,(H,24,27);1H/t19-,23-;. The molecule has 0 atom stereocenters. The van der Waals surface area contributed by atoms with Crippen LogP contribution in [0.4, 0.5) is 0 Å². The van der Waals surface area contributed by atoms with Gasteiger partial charge >= 0.3 is 5.69 Å². The largest absolute Gasteiger partial charge is 0.379 e. The number of likely N-dealkylation sites (tertiary alicyclic amines) is 1. The molecule has 2 aliphatic rings. The summed E-state index contributed by atoms with van der Waals surface area (Å²) >= 11 is 0. The van der Waals surface area contributed by atoms with E-state index in [-0.39, 0.29) is 23.6 Å². The summed E-state index contributed by atoms with van der Waals surface area (Å²) in [5.41, 5.74) is 4.84. The summed E-state index contributed by atoms with van der Waals surface area (Å²) < 4.78 is 7.86. The first-order valence-electron chi connectivity index (χ1n) is 11.0. The van der Waals surface area contributed by atoms with Crippen molar-refractivity contribution in [1.82, 2.24) is 14.5 Å². The molecule has 162 valence electrons. The summed E-state index contributed by atoms with van der Waals surface area (Å²) in [5.74, 6) is 0. The Morgan fingerprint density at radius 3 is 2.34 bits per heavy atom. The fraction of sp³-hybridized carbons (Fsp3) is 0.696.